The highest BCUT2D eigenvalue weighted by Gasteiger charge is 2.29. The van der Waals surface area contributed by atoms with Gasteiger partial charge < -0.3 is 10.1 Å². The first-order chi connectivity index (χ1) is 8.46. The minimum Gasteiger partial charge on any atom is -0.494 e. The normalized spacial score (nSPS) is 12.9. The quantitative estimate of drug-likeness (QED) is 0.867. The average Bonchev–Trinajstić information content (AvgIpc) is 2.33. The number of nitriles is 1. The molecule has 1 aromatic carbocycles. The van der Waals surface area contributed by atoms with E-state index in [-0.39, 0.29) is 6.04 Å². The predicted octanol–water partition coefficient (Wildman–Crippen LogP) is 3.20. The molecule has 3 nitrogen and oxygen atoms in total. The molecular formula is C15H22N2O. The minimum atomic E-state index is -0.450. The summed E-state index contributed by atoms with van der Waals surface area (Å²) < 4.78 is 5.53. The molecule has 1 rings (SSSR count). The van der Waals surface area contributed by atoms with Crippen LogP contribution in [-0.2, 0) is 0 Å². The summed E-state index contributed by atoms with van der Waals surface area (Å²) in [6.07, 6.45) is 0. The van der Waals surface area contributed by atoms with E-state index in [1.165, 1.54) is 0 Å². The molecule has 0 amide bonds. The number of hydrogen-bond donors (Lipinski definition) is 1. The number of ether oxygens (including phenoxy) is 1. The van der Waals surface area contributed by atoms with Gasteiger partial charge in [0.25, 0.3) is 0 Å². The minimum absolute atomic E-state index is 0.0110. The second-order valence-electron chi connectivity index (χ2n) is 5.01. The van der Waals surface area contributed by atoms with Gasteiger partial charge in [0.15, 0.2) is 0 Å². The molecule has 0 aliphatic heterocycles. The van der Waals surface area contributed by atoms with Crippen LogP contribution in [-0.4, -0.2) is 13.7 Å². The molecule has 0 radical (unpaired) electrons. The third-order valence-corrected chi connectivity index (χ3v) is 3.13. The molecule has 98 valence electrons. The van der Waals surface area contributed by atoms with Gasteiger partial charge in [-0.2, -0.15) is 5.26 Å². The Hall–Kier alpha value is -1.53. The van der Waals surface area contributed by atoms with Crippen LogP contribution in [0.5, 0.6) is 5.75 Å². The highest BCUT2D eigenvalue weighted by atomic mass is 16.5. The van der Waals surface area contributed by atoms with Crippen molar-refractivity contribution in [1.82, 2.24) is 5.32 Å². The van der Waals surface area contributed by atoms with E-state index in [1.54, 1.807) is 0 Å². The fourth-order valence-electron chi connectivity index (χ4n) is 2.18. The van der Waals surface area contributed by atoms with E-state index in [1.807, 2.05) is 46.9 Å². The molecule has 0 bridgehead atoms. The van der Waals surface area contributed by atoms with E-state index in [2.05, 4.69) is 17.5 Å². The van der Waals surface area contributed by atoms with Crippen molar-refractivity contribution in [3.8, 4) is 11.8 Å². The van der Waals surface area contributed by atoms with Crippen molar-refractivity contribution in [3.63, 3.8) is 0 Å². The molecule has 0 fully saturated rings. The third-order valence-electron chi connectivity index (χ3n) is 3.13. The monoisotopic (exact) mass is 246 g/mol. The summed E-state index contributed by atoms with van der Waals surface area (Å²) in [6.45, 7) is 8.56. The lowest BCUT2D eigenvalue weighted by Crippen LogP contribution is -2.30. The van der Waals surface area contributed by atoms with Gasteiger partial charge in [0.05, 0.1) is 24.1 Å². The predicted molar refractivity (Wildman–Crippen MR) is 73.5 cm³/mol. The summed E-state index contributed by atoms with van der Waals surface area (Å²) >= 11 is 0. The Kier molecular flexibility index (Phi) is 4.75. The van der Waals surface area contributed by atoms with Gasteiger partial charge in [0.2, 0.25) is 0 Å². The van der Waals surface area contributed by atoms with Crippen molar-refractivity contribution in [2.75, 3.05) is 13.7 Å². The van der Waals surface area contributed by atoms with E-state index in [4.69, 9.17) is 4.74 Å². The first kappa shape index (κ1) is 14.5. The summed E-state index contributed by atoms with van der Waals surface area (Å²) in [7, 11) is 1.88. The van der Waals surface area contributed by atoms with Crippen molar-refractivity contribution < 1.29 is 4.74 Å². The van der Waals surface area contributed by atoms with Crippen LogP contribution in [0.25, 0.3) is 0 Å². The molecule has 0 aliphatic carbocycles. The first-order valence-electron chi connectivity index (χ1n) is 6.28. The van der Waals surface area contributed by atoms with E-state index in [0.717, 1.165) is 16.9 Å². The SMILES string of the molecule is CCOc1ccc(C(NC)C(C)(C)C#N)cc1C. The molecule has 0 saturated carbocycles. The summed E-state index contributed by atoms with van der Waals surface area (Å²) in [6, 6.07) is 8.46. The smallest absolute Gasteiger partial charge is 0.122 e. The van der Waals surface area contributed by atoms with Crippen molar-refractivity contribution in [1.29, 1.82) is 5.26 Å². The van der Waals surface area contributed by atoms with Crippen LogP contribution in [0.2, 0.25) is 0 Å². The fraction of sp³-hybridized carbons (Fsp3) is 0.533. The molecule has 3 heteroatoms. The van der Waals surface area contributed by atoms with Crippen LogP contribution in [0.4, 0.5) is 0 Å². The number of benzene rings is 1. The van der Waals surface area contributed by atoms with Gasteiger partial charge in [-0.25, -0.2) is 0 Å². The number of nitrogens with zero attached hydrogens (tertiary/aromatic N) is 1. The summed E-state index contributed by atoms with van der Waals surface area (Å²) in [5, 5.41) is 12.5. The standard InChI is InChI=1S/C15H22N2O/c1-6-18-13-8-7-12(9-11(13)2)14(17-5)15(3,4)10-16/h7-9,14,17H,6H2,1-5H3. The van der Waals surface area contributed by atoms with Crippen molar-refractivity contribution in [2.24, 2.45) is 5.41 Å². The van der Waals surface area contributed by atoms with Crippen LogP contribution in [0.3, 0.4) is 0 Å². The first-order valence-corrected chi connectivity index (χ1v) is 6.28. The maximum atomic E-state index is 9.25. The van der Waals surface area contributed by atoms with Crippen molar-refractivity contribution in [2.45, 2.75) is 33.7 Å². The lowest BCUT2D eigenvalue weighted by atomic mass is 9.81. The van der Waals surface area contributed by atoms with Gasteiger partial charge in [-0.05, 0) is 51.9 Å². The third kappa shape index (κ3) is 3.02. The number of aryl methyl sites for hydroxylation is 1. The Labute approximate surface area is 110 Å². The summed E-state index contributed by atoms with van der Waals surface area (Å²) in [5.74, 6) is 0.908. The molecule has 0 spiro atoms. The van der Waals surface area contributed by atoms with Gasteiger partial charge in [-0.3, -0.25) is 0 Å². The zero-order valence-corrected chi connectivity index (χ0v) is 11.9. The zero-order chi connectivity index (χ0) is 13.8. The lowest BCUT2D eigenvalue weighted by molar-refractivity contribution is 0.333. The van der Waals surface area contributed by atoms with Gasteiger partial charge in [-0.15, -0.1) is 0 Å². The molecule has 18 heavy (non-hydrogen) atoms. The van der Waals surface area contributed by atoms with E-state index in [0.29, 0.717) is 6.61 Å². The second kappa shape index (κ2) is 5.88. The Bertz CT molecular complexity index is 446. The van der Waals surface area contributed by atoms with Crippen LogP contribution >= 0.6 is 0 Å². The van der Waals surface area contributed by atoms with E-state index >= 15 is 0 Å². The molecule has 0 aromatic heterocycles. The Morgan fingerprint density at radius 3 is 2.56 bits per heavy atom. The summed E-state index contributed by atoms with van der Waals surface area (Å²) in [4.78, 5) is 0. The van der Waals surface area contributed by atoms with E-state index in [9.17, 15) is 5.26 Å². The molecule has 0 saturated heterocycles. The Balaban J connectivity index is 3.10. The molecule has 1 aromatic rings. The van der Waals surface area contributed by atoms with Gasteiger partial charge in [0.1, 0.15) is 5.75 Å². The molecule has 0 aliphatic rings. The van der Waals surface area contributed by atoms with Gasteiger partial charge in [0, 0.05) is 0 Å². The van der Waals surface area contributed by atoms with Crippen LogP contribution in [0, 0.1) is 23.7 Å². The molecule has 1 atom stereocenters. The maximum Gasteiger partial charge on any atom is 0.122 e. The van der Waals surface area contributed by atoms with Crippen LogP contribution in [0.1, 0.15) is 37.9 Å². The average molecular weight is 246 g/mol. The largest absolute Gasteiger partial charge is 0.494 e. The van der Waals surface area contributed by atoms with Gasteiger partial charge in [-0.1, -0.05) is 12.1 Å². The lowest BCUT2D eigenvalue weighted by Gasteiger charge is -2.28. The highest BCUT2D eigenvalue weighted by Crippen LogP contribution is 2.34. The maximum absolute atomic E-state index is 9.25. The van der Waals surface area contributed by atoms with Crippen LogP contribution < -0.4 is 10.1 Å². The Morgan fingerprint density at radius 2 is 2.11 bits per heavy atom. The van der Waals surface area contributed by atoms with Gasteiger partial charge >= 0.3 is 0 Å². The fourth-order valence-corrected chi connectivity index (χ4v) is 2.18. The molecule has 1 unspecified atom stereocenters. The van der Waals surface area contributed by atoms with Crippen LogP contribution in [0.15, 0.2) is 18.2 Å². The molecule has 1 N–H and O–H groups in total. The van der Waals surface area contributed by atoms with Crippen molar-refractivity contribution >= 4 is 0 Å². The van der Waals surface area contributed by atoms with Crippen molar-refractivity contribution in [3.05, 3.63) is 29.3 Å². The molecular weight excluding hydrogens is 224 g/mol. The number of nitrogens with one attached hydrogen (secondary N) is 1. The Morgan fingerprint density at radius 1 is 1.44 bits per heavy atom. The summed E-state index contributed by atoms with van der Waals surface area (Å²) in [5.41, 5.74) is 1.77. The number of hydrogen-bond acceptors (Lipinski definition) is 3. The number of rotatable bonds is 5. The molecule has 0 heterocycles. The highest BCUT2D eigenvalue weighted by molar-refractivity contribution is 5.38. The second-order valence-corrected chi connectivity index (χ2v) is 5.01. The zero-order valence-electron chi connectivity index (χ0n) is 11.9. The van der Waals surface area contributed by atoms with E-state index < -0.39 is 5.41 Å². The topological polar surface area (TPSA) is 45.0 Å².